The van der Waals surface area contributed by atoms with Crippen molar-refractivity contribution in [1.29, 1.82) is 0 Å². The molecule has 0 radical (unpaired) electrons. The molecule has 0 bridgehead atoms. The lowest BCUT2D eigenvalue weighted by Crippen LogP contribution is -2.50. The number of hydrogen-bond donors (Lipinski definition) is 2. The van der Waals surface area contributed by atoms with Crippen LogP contribution in [0.2, 0.25) is 0 Å². The first-order chi connectivity index (χ1) is 5.93. The number of rotatable bonds is 5. The maximum Gasteiger partial charge on any atom is 0.0632 e. The molecule has 0 aromatic heterocycles. The van der Waals surface area contributed by atoms with Crippen molar-refractivity contribution in [1.82, 2.24) is 10.6 Å². The van der Waals surface area contributed by atoms with Crippen LogP contribution < -0.4 is 10.6 Å². The summed E-state index contributed by atoms with van der Waals surface area (Å²) in [5, 5.41) is 6.74. The highest BCUT2D eigenvalue weighted by molar-refractivity contribution is 4.74. The fourth-order valence-electron chi connectivity index (χ4n) is 1.30. The summed E-state index contributed by atoms with van der Waals surface area (Å²) in [6.07, 6.45) is 2.40. The van der Waals surface area contributed by atoms with Gasteiger partial charge in [0.2, 0.25) is 0 Å². The zero-order chi connectivity index (χ0) is 8.65. The molecule has 12 heavy (non-hydrogen) atoms. The third-order valence-corrected chi connectivity index (χ3v) is 2.09. The molecule has 0 aromatic carbocycles. The molecule has 1 heterocycles. The van der Waals surface area contributed by atoms with Gasteiger partial charge in [-0.2, -0.15) is 0 Å². The minimum Gasteiger partial charge on any atom is -0.380 e. The van der Waals surface area contributed by atoms with Gasteiger partial charge in [0.05, 0.1) is 6.61 Å². The Bertz CT molecular complexity index is 103. The summed E-state index contributed by atoms with van der Waals surface area (Å²) >= 11 is 0. The van der Waals surface area contributed by atoms with E-state index in [-0.39, 0.29) is 0 Å². The lowest BCUT2D eigenvalue weighted by atomic mass is 10.2. The second-order valence-corrected chi connectivity index (χ2v) is 3.28. The summed E-state index contributed by atoms with van der Waals surface area (Å²) in [5.74, 6) is 0. The van der Waals surface area contributed by atoms with Crippen molar-refractivity contribution in [3.05, 3.63) is 0 Å². The van der Waals surface area contributed by atoms with Crippen LogP contribution in [0.3, 0.4) is 0 Å². The van der Waals surface area contributed by atoms with Crippen LogP contribution in [0.5, 0.6) is 0 Å². The fraction of sp³-hybridized carbons (Fsp3) is 1.00. The highest BCUT2D eigenvalue weighted by Gasteiger charge is 2.10. The van der Waals surface area contributed by atoms with E-state index in [0.717, 1.165) is 32.8 Å². The average molecular weight is 172 g/mol. The van der Waals surface area contributed by atoms with Crippen molar-refractivity contribution >= 4 is 0 Å². The van der Waals surface area contributed by atoms with Gasteiger partial charge in [0.1, 0.15) is 0 Å². The van der Waals surface area contributed by atoms with Crippen molar-refractivity contribution in [3.8, 4) is 0 Å². The summed E-state index contributed by atoms with van der Waals surface area (Å²) < 4.78 is 5.51. The van der Waals surface area contributed by atoms with E-state index in [1.807, 2.05) is 0 Å². The first-order valence-corrected chi connectivity index (χ1v) is 4.95. The van der Waals surface area contributed by atoms with Gasteiger partial charge in [-0.1, -0.05) is 13.3 Å². The molecule has 3 heteroatoms. The lowest BCUT2D eigenvalue weighted by molar-refractivity contribution is 0.104. The number of ether oxygens (including phenoxy) is 1. The highest BCUT2D eigenvalue weighted by Crippen LogP contribution is 1.92. The Morgan fingerprint density at radius 3 is 3.00 bits per heavy atom. The molecule has 0 saturated carbocycles. The molecule has 1 aliphatic heterocycles. The molecule has 72 valence electrons. The molecular formula is C9H20N2O. The van der Waals surface area contributed by atoms with Crippen molar-refractivity contribution in [3.63, 3.8) is 0 Å². The van der Waals surface area contributed by atoms with Gasteiger partial charge in [-0.25, -0.2) is 0 Å². The molecule has 0 aromatic rings. The largest absolute Gasteiger partial charge is 0.380 e. The minimum atomic E-state index is 0.524. The van der Waals surface area contributed by atoms with Gasteiger partial charge in [-0.15, -0.1) is 0 Å². The Hall–Kier alpha value is -0.120. The predicted octanol–water partition coefficient (Wildman–Crippen LogP) is 0.365. The average Bonchev–Trinajstić information content (AvgIpc) is 2.14. The van der Waals surface area contributed by atoms with Crippen LogP contribution in [0.15, 0.2) is 0 Å². The number of unbranched alkanes of at least 4 members (excludes halogenated alkanes) is 1. The van der Waals surface area contributed by atoms with Crippen LogP contribution in [-0.2, 0) is 4.74 Å². The van der Waals surface area contributed by atoms with Gasteiger partial charge in [-0.3, -0.25) is 0 Å². The normalized spacial score (nSPS) is 24.2. The van der Waals surface area contributed by atoms with Crippen LogP contribution in [-0.4, -0.2) is 38.9 Å². The van der Waals surface area contributed by atoms with Crippen LogP contribution in [0.1, 0.15) is 19.8 Å². The van der Waals surface area contributed by atoms with E-state index in [9.17, 15) is 0 Å². The van der Waals surface area contributed by atoms with Gasteiger partial charge in [0, 0.05) is 32.3 Å². The number of hydrogen-bond acceptors (Lipinski definition) is 3. The molecule has 1 atom stereocenters. The smallest absolute Gasteiger partial charge is 0.0632 e. The van der Waals surface area contributed by atoms with Crippen molar-refractivity contribution in [2.75, 3.05) is 32.8 Å². The van der Waals surface area contributed by atoms with Gasteiger partial charge < -0.3 is 15.4 Å². The minimum absolute atomic E-state index is 0.524. The van der Waals surface area contributed by atoms with Crippen LogP contribution in [0, 0.1) is 0 Å². The molecule has 1 rings (SSSR count). The van der Waals surface area contributed by atoms with Gasteiger partial charge in [0.15, 0.2) is 0 Å². The van der Waals surface area contributed by atoms with E-state index in [4.69, 9.17) is 4.74 Å². The topological polar surface area (TPSA) is 33.3 Å². The molecule has 0 spiro atoms. The first kappa shape index (κ1) is 9.96. The molecule has 0 unspecified atom stereocenters. The Balaban J connectivity index is 1.91. The summed E-state index contributed by atoms with van der Waals surface area (Å²) in [6.45, 7) is 7.16. The molecule has 1 fully saturated rings. The quantitative estimate of drug-likeness (QED) is 0.588. The molecule has 1 saturated heterocycles. The Morgan fingerprint density at radius 1 is 1.42 bits per heavy atom. The summed E-state index contributed by atoms with van der Waals surface area (Å²) in [7, 11) is 0. The SMILES string of the molecule is CCCCOC[C@H]1CNCCN1. The number of nitrogens with one attached hydrogen (secondary N) is 2. The van der Waals surface area contributed by atoms with E-state index in [2.05, 4.69) is 17.6 Å². The molecular weight excluding hydrogens is 152 g/mol. The van der Waals surface area contributed by atoms with Crippen LogP contribution in [0.4, 0.5) is 0 Å². The fourth-order valence-corrected chi connectivity index (χ4v) is 1.30. The van der Waals surface area contributed by atoms with Crippen molar-refractivity contribution < 1.29 is 4.74 Å². The Labute approximate surface area is 74.9 Å². The van der Waals surface area contributed by atoms with Crippen LogP contribution in [0.25, 0.3) is 0 Å². The second kappa shape index (κ2) is 6.40. The van der Waals surface area contributed by atoms with E-state index in [0.29, 0.717) is 6.04 Å². The lowest BCUT2D eigenvalue weighted by Gasteiger charge is -2.24. The zero-order valence-corrected chi connectivity index (χ0v) is 7.94. The van der Waals surface area contributed by atoms with Gasteiger partial charge in [-0.05, 0) is 6.42 Å². The van der Waals surface area contributed by atoms with E-state index in [1.54, 1.807) is 0 Å². The third kappa shape index (κ3) is 4.04. The molecule has 0 aliphatic carbocycles. The third-order valence-electron chi connectivity index (χ3n) is 2.09. The van der Waals surface area contributed by atoms with E-state index < -0.39 is 0 Å². The van der Waals surface area contributed by atoms with Gasteiger partial charge in [0.25, 0.3) is 0 Å². The van der Waals surface area contributed by atoms with E-state index >= 15 is 0 Å². The van der Waals surface area contributed by atoms with Gasteiger partial charge >= 0.3 is 0 Å². The number of piperazine rings is 1. The summed E-state index contributed by atoms with van der Waals surface area (Å²) in [5.41, 5.74) is 0. The summed E-state index contributed by atoms with van der Waals surface area (Å²) in [4.78, 5) is 0. The second-order valence-electron chi connectivity index (χ2n) is 3.28. The van der Waals surface area contributed by atoms with Crippen LogP contribution >= 0.6 is 0 Å². The first-order valence-electron chi connectivity index (χ1n) is 4.95. The molecule has 1 aliphatic rings. The highest BCUT2D eigenvalue weighted by atomic mass is 16.5. The monoisotopic (exact) mass is 172 g/mol. The maximum absolute atomic E-state index is 5.51. The zero-order valence-electron chi connectivity index (χ0n) is 7.94. The Kier molecular flexibility index (Phi) is 5.32. The Morgan fingerprint density at radius 2 is 2.33 bits per heavy atom. The predicted molar refractivity (Wildman–Crippen MR) is 50.4 cm³/mol. The summed E-state index contributed by atoms with van der Waals surface area (Å²) in [6, 6.07) is 0.524. The molecule has 0 amide bonds. The molecule has 3 nitrogen and oxygen atoms in total. The molecule has 2 N–H and O–H groups in total. The maximum atomic E-state index is 5.51. The van der Waals surface area contributed by atoms with Crippen molar-refractivity contribution in [2.45, 2.75) is 25.8 Å². The van der Waals surface area contributed by atoms with E-state index in [1.165, 1.54) is 12.8 Å². The van der Waals surface area contributed by atoms with Crippen molar-refractivity contribution in [2.24, 2.45) is 0 Å². The standard InChI is InChI=1S/C9H20N2O/c1-2-3-6-12-8-9-7-10-4-5-11-9/h9-11H,2-8H2,1H3/t9-/m1/s1.